The summed E-state index contributed by atoms with van der Waals surface area (Å²) in [6.07, 6.45) is 3.15. The number of likely N-dealkylation sites (N-methyl/N-ethyl adjacent to an activating group) is 1. The Bertz CT molecular complexity index is 968. The molecule has 2 atom stereocenters. The van der Waals surface area contributed by atoms with Gasteiger partial charge in [0.2, 0.25) is 0 Å². The Morgan fingerprint density at radius 1 is 1.20 bits per heavy atom. The van der Waals surface area contributed by atoms with E-state index in [0.717, 1.165) is 36.7 Å². The zero-order valence-corrected chi connectivity index (χ0v) is 19.2. The summed E-state index contributed by atoms with van der Waals surface area (Å²) in [5.41, 5.74) is 3.78. The van der Waals surface area contributed by atoms with Crippen LogP contribution in [0, 0.1) is 6.92 Å². The number of nitrogens with one attached hydrogen (secondary N) is 2. The lowest BCUT2D eigenvalue weighted by molar-refractivity contribution is 0.318. The van der Waals surface area contributed by atoms with Crippen molar-refractivity contribution in [3.63, 3.8) is 0 Å². The second kappa shape index (κ2) is 10.8. The number of benzene rings is 2. The second-order valence-corrected chi connectivity index (χ2v) is 8.83. The number of hydrogen-bond donors (Lipinski definition) is 2. The molecule has 30 heavy (non-hydrogen) atoms. The largest absolute Gasteiger partial charge is 0.492 e. The quantitative estimate of drug-likeness (QED) is 0.541. The summed E-state index contributed by atoms with van der Waals surface area (Å²) in [7, 11) is 0.760. The Morgan fingerprint density at radius 2 is 1.97 bits per heavy atom. The molecule has 1 aliphatic heterocycles. The molecule has 1 aliphatic rings. The lowest BCUT2D eigenvalue weighted by atomic mass is 9.97. The van der Waals surface area contributed by atoms with Gasteiger partial charge in [0.1, 0.15) is 23.3 Å². The van der Waals surface area contributed by atoms with Gasteiger partial charge in [0.15, 0.2) is 0 Å². The van der Waals surface area contributed by atoms with Gasteiger partial charge in [-0.05, 0) is 62.4 Å². The van der Waals surface area contributed by atoms with E-state index < -0.39 is 11.0 Å². The Labute approximate surface area is 182 Å². The molecule has 162 valence electrons. The van der Waals surface area contributed by atoms with E-state index >= 15 is 0 Å². The summed E-state index contributed by atoms with van der Waals surface area (Å²) in [5.74, 6) is 1.22. The predicted molar refractivity (Wildman–Crippen MR) is 126 cm³/mol. The van der Waals surface area contributed by atoms with E-state index in [-0.39, 0.29) is 0 Å². The molecule has 0 amide bonds. The van der Waals surface area contributed by atoms with E-state index in [1.807, 2.05) is 45.2 Å². The van der Waals surface area contributed by atoms with Gasteiger partial charge >= 0.3 is 0 Å². The molecule has 1 fully saturated rings. The number of aryl methyl sites for hydroxylation is 1. The molecule has 0 spiro atoms. The summed E-state index contributed by atoms with van der Waals surface area (Å²) >= 11 is 0. The van der Waals surface area contributed by atoms with Crippen molar-refractivity contribution in [2.75, 3.05) is 33.3 Å². The molecule has 1 saturated heterocycles. The number of H-pyrrole nitrogens is 1. The predicted octanol–water partition coefficient (Wildman–Crippen LogP) is 4.61. The van der Waals surface area contributed by atoms with Gasteiger partial charge in [0, 0.05) is 42.7 Å². The first-order valence-electron chi connectivity index (χ1n) is 10.8. The minimum Gasteiger partial charge on any atom is -0.492 e. The van der Waals surface area contributed by atoms with Crippen molar-refractivity contribution in [2.24, 2.45) is 0 Å². The number of fused-ring (bicyclic) bond motifs is 1. The van der Waals surface area contributed by atoms with Gasteiger partial charge in [-0.15, -0.1) is 0 Å². The average Bonchev–Trinajstić information content (AvgIpc) is 3.42. The van der Waals surface area contributed by atoms with E-state index in [1.54, 1.807) is 0 Å². The van der Waals surface area contributed by atoms with Gasteiger partial charge < -0.3 is 15.0 Å². The fourth-order valence-electron chi connectivity index (χ4n) is 3.80. The highest BCUT2D eigenvalue weighted by atomic mass is 32.2. The maximum Gasteiger partial charge on any atom is 0.127 e. The molecule has 1 aromatic heterocycles. The molecule has 4 rings (SSSR count). The molecular formula is C24H33N3O2S. The van der Waals surface area contributed by atoms with Crippen LogP contribution < -0.4 is 10.1 Å². The number of aromatic amines is 1. The van der Waals surface area contributed by atoms with E-state index in [9.17, 15) is 4.21 Å². The minimum atomic E-state index is -1.14. The van der Waals surface area contributed by atoms with Crippen molar-refractivity contribution in [3.05, 3.63) is 59.8 Å². The third-order valence-corrected chi connectivity index (χ3v) is 6.82. The summed E-state index contributed by atoms with van der Waals surface area (Å²) in [6, 6.07) is 14.1. The third-order valence-electron chi connectivity index (χ3n) is 5.34. The molecule has 0 saturated carbocycles. The third kappa shape index (κ3) is 5.12. The Balaban J connectivity index is 0.00000124. The zero-order chi connectivity index (χ0) is 21.5. The van der Waals surface area contributed by atoms with Crippen molar-refractivity contribution in [3.8, 4) is 5.75 Å². The lowest BCUT2D eigenvalue weighted by Gasteiger charge is -2.15. The van der Waals surface area contributed by atoms with Crippen LogP contribution in [-0.4, -0.2) is 46.8 Å². The summed E-state index contributed by atoms with van der Waals surface area (Å²) < 4.78 is 20.8. The molecule has 3 aromatic rings. The van der Waals surface area contributed by atoms with Crippen molar-refractivity contribution >= 4 is 21.9 Å². The zero-order valence-electron chi connectivity index (χ0n) is 18.4. The Morgan fingerprint density at radius 3 is 2.70 bits per heavy atom. The van der Waals surface area contributed by atoms with Gasteiger partial charge in [-0.3, -0.25) is 0 Å². The minimum absolute atomic E-state index is 0.406. The Kier molecular flexibility index (Phi) is 8.08. The monoisotopic (exact) mass is 427 g/mol. The number of hydrogen-bond acceptors (Lipinski definition) is 3. The number of rotatable bonds is 7. The maximum absolute atomic E-state index is 13.0. The van der Waals surface area contributed by atoms with Crippen LogP contribution in [0.4, 0.5) is 0 Å². The van der Waals surface area contributed by atoms with Gasteiger partial charge in [0.05, 0.1) is 4.90 Å². The molecule has 0 aliphatic carbocycles. The van der Waals surface area contributed by atoms with Crippen LogP contribution in [0.5, 0.6) is 5.75 Å². The second-order valence-electron chi connectivity index (χ2n) is 7.34. The Hall–Kier alpha value is -2.15. The molecule has 2 unspecified atom stereocenters. The highest BCUT2D eigenvalue weighted by Crippen LogP contribution is 2.34. The highest BCUT2D eigenvalue weighted by Gasteiger charge is 2.29. The normalized spacial score (nSPS) is 17.5. The van der Waals surface area contributed by atoms with Crippen molar-refractivity contribution in [1.29, 1.82) is 0 Å². The van der Waals surface area contributed by atoms with Crippen LogP contribution in [0.1, 0.15) is 37.3 Å². The molecule has 0 radical (unpaired) electrons. The van der Waals surface area contributed by atoms with Crippen molar-refractivity contribution in [2.45, 2.75) is 38.0 Å². The van der Waals surface area contributed by atoms with E-state index in [0.29, 0.717) is 12.5 Å². The van der Waals surface area contributed by atoms with Crippen LogP contribution in [0.25, 0.3) is 10.9 Å². The number of nitrogens with zero attached hydrogens (tertiary/aromatic N) is 1. The lowest BCUT2D eigenvalue weighted by Crippen LogP contribution is -2.23. The van der Waals surface area contributed by atoms with E-state index in [4.69, 9.17) is 4.74 Å². The van der Waals surface area contributed by atoms with Crippen LogP contribution >= 0.6 is 0 Å². The molecule has 0 bridgehead atoms. The summed E-state index contributed by atoms with van der Waals surface area (Å²) in [5, 5.41) is 4.34. The molecular weight excluding hydrogens is 394 g/mol. The molecule has 2 N–H and O–H groups in total. The first kappa shape index (κ1) is 22.5. The van der Waals surface area contributed by atoms with Crippen LogP contribution in [0.2, 0.25) is 0 Å². The molecule has 2 aromatic carbocycles. The van der Waals surface area contributed by atoms with Crippen LogP contribution in [-0.2, 0) is 11.0 Å². The molecule has 6 heteroatoms. The van der Waals surface area contributed by atoms with Gasteiger partial charge in [0.25, 0.3) is 0 Å². The fourth-order valence-corrected chi connectivity index (χ4v) is 5.05. The number of aromatic nitrogens is 1. The standard InChI is InChI=1S/C22H27N3O2S.C2H6/c1-16-3-8-22-20(13-16)21(14-24-22)17-9-11-25(15-17)28(26)19-6-4-18(5-7-19)27-12-10-23-2;1-2/h3-8,13-14,17,23-24H,9-12,15H2,1-2H3;1-2H3. The fraction of sp³-hybridized carbons (Fsp3) is 0.417. The van der Waals surface area contributed by atoms with Gasteiger partial charge in [-0.2, -0.15) is 0 Å². The van der Waals surface area contributed by atoms with Crippen molar-refractivity contribution < 1.29 is 8.95 Å². The van der Waals surface area contributed by atoms with E-state index in [1.165, 1.54) is 22.0 Å². The smallest absolute Gasteiger partial charge is 0.127 e. The number of ether oxygens (including phenoxy) is 1. The first-order chi connectivity index (χ1) is 14.7. The van der Waals surface area contributed by atoms with Crippen LogP contribution in [0.15, 0.2) is 53.6 Å². The topological polar surface area (TPSA) is 57.4 Å². The van der Waals surface area contributed by atoms with Gasteiger partial charge in [-0.25, -0.2) is 8.51 Å². The first-order valence-corrected chi connectivity index (χ1v) is 11.9. The van der Waals surface area contributed by atoms with Crippen LogP contribution in [0.3, 0.4) is 0 Å². The van der Waals surface area contributed by atoms with E-state index in [2.05, 4.69) is 45.9 Å². The van der Waals surface area contributed by atoms with Gasteiger partial charge in [-0.1, -0.05) is 25.5 Å². The molecule has 2 heterocycles. The average molecular weight is 428 g/mol. The summed E-state index contributed by atoms with van der Waals surface area (Å²) in [4.78, 5) is 4.21. The highest BCUT2D eigenvalue weighted by molar-refractivity contribution is 7.82. The SMILES string of the molecule is CC.CNCCOc1ccc(S(=O)N2CCC(c3c[nH]c4ccc(C)cc34)C2)cc1. The maximum atomic E-state index is 13.0. The summed E-state index contributed by atoms with van der Waals surface area (Å²) in [6.45, 7) is 9.20. The van der Waals surface area contributed by atoms with Crippen molar-refractivity contribution in [1.82, 2.24) is 14.6 Å². The molecule has 5 nitrogen and oxygen atoms in total.